The second kappa shape index (κ2) is 9.76. The second-order valence-electron chi connectivity index (χ2n) is 6.60. The maximum absolute atomic E-state index is 12.7. The smallest absolute Gasteiger partial charge is 0.277 e. The van der Waals surface area contributed by atoms with Crippen molar-refractivity contribution < 1.29 is 18.7 Å². The Morgan fingerprint density at radius 3 is 2.62 bits per heavy atom. The highest BCUT2D eigenvalue weighted by Crippen LogP contribution is 2.26. The van der Waals surface area contributed by atoms with Crippen molar-refractivity contribution in [3.05, 3.63) is 47.3 Å². The molecule has 0 bridgehead atoms. The van der Waals surface area contributed by atoms with Crippen molar-refractivity contribution in [3.63, 3.8) is 0 Å². The SMILES string of the molecule is COCCCn1c(C)cc(C(=O)CSc2nnc(-c3ccc(OC)cc3)o2)c1C. The van der Waals surface area contributed by atoms with Gasteiger partial charge in [-0.1, -0.05) is 11.8 Å². The lowest BCUT2D eigenvalue weighted by molar-refractivity contribution is 0.102. The maximum Gasteiger partial charge on any atom is 0.277 e. The van der Waals surface area contributed by atoms with Gasteiger partial charge in [0.15, 0.2) is 5.78 Å². The minimum Gasteiger partial charge on any atom is -0.497 e. The molecule has 0 N–H and O–H groups in total. The first-order chi connectivity index (χ1) is 14.0. The van der Waals surface area contributed by atoms with Gasteiger partial charge < -0.3 is 18.5 Å². The van der Waals surface area contributed by atoms with Gasteiger partial charge in [0.1, 0.15) is 5.75 Å². The van der Waals surface area contributed by atoms with Gasteiger partial charge in [-0.2, -0.15) is 0 Å². The molecule has 0 aliphatic carbocycles. The highest BCUT2D eigenvalue weighted by molar-refractivity contribution is 7.99. The Hall–Kier alpha value is -2.58. The zero-order valence-electron chi connectivity index (χ0n) is 17.1. The number of benzene rings is 1. The number of methoxy groups -OCH3 is 2. The molecule has 2 heterocycles. The van der Waals surface area contributed by atoms with Crippen LogP contribution in [0.3, 0.4) is 0 Å². The van der Waals surface area contributed by atoms with Gasteiger partial charge in [-0.3, -0.25) is 4.79 Å². The first-order valence-corrected chi connectivity index (χ1v) is 10.3. The molecule has 0 spiro atoms. The summed E-state index contributed by atoms with van der Waals surface area (Å²) >= 11 is 1.25. The van der Waals surface area contributed by atoms with Crippen LogP contribution in [-0.4, -0.2) is 47.1 Å². The van der Waals surface area contributed by atoms with Gasteiger partial charge in [-0.15, -0.1) is 10.2 Å². The molecule has 0 saturated carbocycles. The number of ketones is 1. The van der Waals surface area contributed by atoms with Gasteiger partial charge in [0.05, 0.1) is 12.9 Å². The average Bonchev–Trinajstić information content (AvgIpc) is 3.32. The normalized spacial score (nSPS) is 11.0. The van der Waals surface area contributed by atoms with E-state index in [9.17, 15) is 4.79 Å². The van der Waals surface area contributed by atoms with Gasteiger partial charge in [0, 0.05) is 42.8 Å². The number of carbonyl (C=O) groups is 1. The minimum atomic E-state index is 0.0466. The predicted octanol–water partition coefficient (Wildman–Crippen LogP) is 4.18. The molecule has 3 aromatic rings. The molecule has 0 aliphatic rings. The average molecular weight is 416 g/mol. The van der Waals surface area contributed by atoms with Gasteiger partial charge in [-0.05, 0) is 50.6 Å². The Bertz CT molecular complexity index is 963. The molecule has 7 nitrogen and oxygen atoms in total. The number of nitrogens with zero attached hydrogens (tertiary/aromatic N) is 3. The van der Waals surface area contributed by atoms with Crippen LogP contribution in [0.4, 0.5) is 0 Å². The topological polar surface area (TPSA) is 79.4 Å². The number of carbonyl (C=O) groups excluding carboxylic acids is 1. The molecule has 0 amide bonds. The van der Waals surface area contributed by atoms with Crippen LogP contribution < -0.4 is 4.74 Å². The molecule has 0 unspecified atom stereocenters. The Morgan fingerprint density at radius 1 is 1.17 bits per heavy atom. The van der Waals surface area contributed by atoms with E-state index in [2.05, 4.69) is 14.8 Å². The lowest BCUT2D eigenvalue weighted by Crippen LogP contribution is -2.08. The van der Waals surface area contributed by atoms with Crippen molar-refractivity contribution in [3.8, 4) is 17.2 Å². The van der Waals surface area contributed by atoms with Crippen LogP contribution in [0.5, 0.6) is 5.75 Å². The molecule has 3 rings (SSSR count). The Morgan fingerprint density at radius 2 is 1.93 bits per heavy atom. The number of Topliss-reactive ketones (excluding diaryl/α,β-unsaturated/α-hetero) is 1. The summed E-state index contributed by atoms with van der Waals surface area (Å²) in [5.74, 6) is 1.46. The largest absolute Gasteiger partial charge is 0.497 e. The zero-order valence-corrected chi connectivity index (χ0v) is 17.9. The van der Waals surface area contributed by atoms with Crippen LogP contribution >= 0.6 is 11.8 Å². The highest BCUT2D eigenvalue weighted by Gasteiger charge is 2.17. The molecule has 1 aromatic carbocycles. The van der Waals surface area contributed by atoms with E-state index in [-0.39, 0.29) is 11.5 Å². The van der Waals surface area contributed by atoms with Gasteiger partial charge in [0.25, 0.3) is 5.22 Å². The van der Waals surface area contributed by atoms with Crippen LogP contribution in [0.1, 0.15) is 28.2 Å². The van der Waals surface area contributed by atoms with E-state index in [1.807, 2.05) is 44.2 Å². The maximum atomic E-state index is 12.7. The van der Waals surface area contributed by atoms with E-state index in [1.165, 1.54) is 11.8 Å². The van der Waals surface area contributed by atoms with Crippen LogP contribution in [0.2, 0.25) is 0 Å². The predicted molar refractivity (Wildman–Crippen MR) is 112 cm³/mol. The monoisotopic (exact) mass is 415 g/mol. The number of thioether (sulfide) groups is 1. The molecule has 0 radical (unpaired) electrons. The Kier molecular flexibility index (Phi) is 7.11. The number of hydrogen-bond donors (Lipinski definition) is 0. The molecular weight excluding hydrogens is 390 g/mol. The number of aryl methyl sites for hydroxylation is 1. The number of rotatable bonds is 10. The second-order valence-corrected chi connectivity index (χ2v) is 7.52. The standard InChI is InChI=1S/C21H25N3O4S/c1-14-12-18(15(2)24(14)10-5-11-26-3)19(25)13-29-21-23-22-20(28-21)16-6-8-17(27-4)9-7-16/h6-9,12H,5,10-11,13H2,1-4H3. The van der Waals surface area contributed by atoms with Crippen LogP contribution in [0, 0.1) is 13.8 Å². The Labute approximate surface area is 174 Å². The van der Waals surface area contributed by atoms with E-state index in [1.54, 1.807) is 14.2 Å². The van der Waals surface area contributed by atoms with Crippen molar-refractivity contribution in [2.75, 3.05) is 26.6 Å². The third-order valence-electron chi connectivity index (χ3n) is 4.67. The molecule has 154 valence electrons. The third kappa shape index (κ3) is 5.07. The zero-order chi connectivity index (χ0) is 20.8. The summed E-state index contributed by atoms with van der Waals surface area (Å²) in [4.78, 5) is 12.7. The fraction of sp³-hybridized carbons (Fsp3) is 0.381. The van der Waals surface area contributed by atoms with Crippen LogP contribution in [0.15, 0.2) is 40.0 Å². The molecule has 0 aliphatic heterocycles. The van der Waals surface area contributed by atoms with E-state index in [0.29, 0.717) is 17.7 Å². The summed E-state index contributed by atoms with van der Waals surface area (Å²) in [6, 6.07) is 9.31. The number of ether oxygens (including phenoxy) is 2. The van der Waals surface area contributed by atoms with Crippen molar-refractivity contribution in [1.82, 2.24) is 14.8 Å². The molecule has 29 heavy (non-hydrogen) atoms. The highest BCUT2D eigenvalue weighted by atomic mass is 32.2. The number of aromatic nitrogens is 3. The summed E-state index contributed by atoms with van der Waals surface area (Å²) in [6.45, 7) is 5.53. The van der Waals surface area contributed by atoms with E-state index >= 15 is 0 Å². The van der Waals surface area contributed by atoms with E-state index in [0.717, 1.165) is 41.2 Å². The summed E-state index contributed by atoms with van der Waals surface area (Å²) in [6.07, 6.45) is 0.908. The first kappa shape index (κ1) is 21.1. The molecule has 8 heteroatoms. The van der Waals surface area contributed by atoms with Gasteiger partial charge >= 0.3 is 0 Å². The Balaban J connectivity index is 1.62. The van der Waals surface area contributed by atoms with Gasteiger partial charge in [0.2, 0.25) is 5.89 Å². The van der Waals surface area contributed by atoms with Crippen molar-refractivity contribution in [2.45, 2.75) is 32.0 Å². The van der Waals surface area contributed by atoms with Crippen LogP contribution in [0.25, 0.3) is 11.5 Å². The summed E-state index contributed by atoms with van der Waals surface area (Å²) < 4.78 is 18.1. The fourth-order valence-electron chi connectivity index (χ4n) is 3.12. The molecule has 0 fully saturated rings. The molecule has 2 aromatic heterocycles. The first-order valence-electron chi connectivity index (χ1n) is 9.33. The minimum absolute atomic E-state index is 0.0466. The van der Waals surface area contributed by atoms with Crippen molar-refractivity contribution in [2.24, 2.45) is 0 Å². The van der Waals surface area contributed by atoms with E-state index in [4.69, 9.17) is 13.9 Å². The molecular formula is C21H25N3O4S. The quantitative estimate of drug-likeness (QED) is 0.279. The summed E-state index contributed by atoms with van der Waals surface area (Å²) in [7, 11) is 3.31. The third-order valence-corrected chi connectivity index (χ3v) is 5.49. The lowest BCUT2D eigenvalue weighted by Gasteiger charge is -2.09. The lowest BCUT2D eigenvalue weighted by atomic mass is 10.2. The fourth-order valence-corrected chi connectivity index (χ4v) is 3.76. The van der Waals surface area contributed by atoms with E-state index < -0.39 is 0 Å². The summed E-state index contributed by atoms with van der Waals surface area (Å²) in [5, 5.41) is 8.48. The van der Waals surface area contributed by atoms with Crippen molar-refractivity contribution in [1.29, 1.82) is 0 Å². The molecule has 0 atom stereocenters. The molecule has 0 saturated heterocycles. The van der Waals surface area contributed by atoms with Crippen LogP contribution in [-0.2, 0) is 11.3 Å². The van der Waals surface area contributed by atoms with Gasteiger partial charge in [-0.25, -0.2) is 0 Å². The van der Waals surface area contributed by atoms with Crippen molar-refractivity contribution >= 4 is 17.5 Å². The number of hydrogen-bond acceptors (Lipinski definition) is 7. The summed E-state index contributed by atoms with van der Waals surface area (Å²) in [5.41, 5.74) is 3.60.